The van der Waals surface area contributed by atoms with Crippen molar-refractivity contribution in [3.8, 4) is 16.3 Å². The SMILES string of the molecule is Oc1c(Cl)cccc1CNc1ccc(-c2nccs2)cc1. The molecule has 2 aromatic carbocycles. The van der Waals surface area contributed by atoms with Gasteiger partial charge in [0.15, 0.2) is 0 Å². The van der Waals surface area contributed by atoms with Crippen LogP contribution < -0.4 is 5.32 Å². The number of halogens is 1. The summed E-state index contributed by atoms with van der Waals surface area (Å²) in [5.41, 5.74) is 2.85. The second-order valence-electron chi connectivity index (χ2n) is 4.52. The number of benzene rings is 2. The lowest BCUT2D eigenvalue weighted by molar-refractivity contribution is 0.469. The number of hydrogen-bond acceptors (Lipinski definition) is 4. The van der Waals surface area contributed by atoms with E-state index in [0.29, 0.717) is 11.6 Å². The van der Waals surface area contributed by atoms with E-state index in [2.05, 4.69) is 10.3 Å². The lowest BCUT2D eigenvalue weighted by atomic mass is 10.2. The van der Waals surface area contributed by atoms with Gasteiger partial charge in [-0.15, -0.1) is 11.3 Å². The van der Waals surface area contributed by atoms with Crippen molar-refractivity contribution in [1.82, 2.24) is 4.98 Å². The molecular weight excluding hydrogens is 304 g/mol. The Morgan fingerprint density at radius 3 is 2.67 bits per heavy atom. The predicted octanol–water partition coefficient (Wildman–Crippen LogP) is 4.78. The third-order valence-corrected chi connectivity index (χ3v) is 4.24. The summed E-state index contributed by atoms with van der Waals surface area (Å²) in [5.74, 6) is 0.131. The highest BCUT2D eigenvalue weighted by Gasteiger charge is 2.05. The van der Waals surface area contributed by atoms with Crippen LogP contribution in [-0.2, 0) is 6.54 Å². The third-order valence-electron chi connectivity index (χ3n) is 3.12. The van der Waals surface area contributed by atoms with Crippen molar-refractivity contribution in [1.29, 1.82) is 0 Å². The molecular formula is C16H13ClN2OS. The normalized spacial score (nSPS) is 10.5. The molecule has 3 rings (SSSR count). The summed E-state index contributed by atoms with van der Waals surface area (Å²) in [6.07, 6.45) is 1.80. The molecule has 1 aromatic heterocycles. The third kappa shape index (κ3) is 3.17. The zero-order valence-electron chi connectivity index (χ0n) is 11.1. The van der Waals surface area contributed by atoms with Crippen LogP contribution in [0.3, 0.4) is 0 Å². The first-order chi connectivity index (χ1) is 10.2. The highest BCUT2D eigenvalue weighted by Crippen LogP contribution is 2.28. The Labute approximate surface area is 131 Å². The molecule has 0 aliphatic heterocycles. The standard InChI is InChI=1S/C16H13ClN2OS/c17-14-3-1-2-12(15(14)20)10-19-13-6-4-11(5-7-13)16-18-8-9-21-16/h1-9,19-20H,10H2. The van der Waals surface area contributed by atoms with Gasteiger partial charge < -0.3 is 10.4 Å². The first-order valence-electron chi connectivity index (χ1n) is 6.44. The van der Waals surface area contributed by atoms with Gasteiger partial charge in [0.1, 0.15) is 10.8 Å². The van der Waals surface area contributed by atoms with Crippen LogP contribution in [0.2, 0.25) is 5.02 Å². The van der Waals surface area contributed by atoms with Crippen LogP contribution in [0.5, 0.6) is 5.75 Å². The van der Waals surface area contributed by atoms with E-state index in [1.165, 1.54) is 0 Å². The minimum absolute atomic E-state index is 0.131. The minimum Gasteiger partial charge on any atom is -0.506 e. The van der Waals surface area contributed by atoms with Crippen LogP contribution in [0.1, 0.15) is 5.56 Å². The number of thiazole rings is 1. The predicted molar refractivity (Wildman–Crippen MR) is 88.0 cm³/mol. The Balaban J connectivity index is 1.70. The Morgan fingerprint density at radius 2 is 1.95 bits per heavy atom. The van der Waals surface area contributed by atoms with Crippen molar-refractivity contribution in [3.05, 3.63) is 64.6 Å². The maximum absolute atomic E-state index is 9.87. The van der Waals surface area contributed by atoms with Gasteiger partial charge in [-0.05, 0) is 30.3 Å². The van der Waals surface area contributed by atoms with E-state index in [1.807, 2.05) is 41.8 Å². The number of aromatic nitrogens is 1. The summed E-state index contributed by atoms with van der Waals surface area (Å²) >= 11 is 7.51. The van der Waals surface area contributed by atoms with Crippen molar-refractivity contribution in [2.75, 3.05) is 5.32 Å². The summed E-state index contributed by atoms with van der Waals surface area (Å²) in [7, 11) is 0. The van der Waals surface area contributed by atoms with Gasteiger partial charge in [0.05, 0.1) is 5.02 Å². The number of nitrogens with zero attached hydrogens (tertiary/aromatic N) is 1. The molecule has 0 unspecified atom stereocenters. The quantitative estimate of drug-likeness (QED) is 0.728. The van der Waals surface area contributed by atoms with E-state index in [0.717, 1.165) is 21.8 Å². The highest BCUT2D eigenvalue weighted by molar-refractivity contribution is 7.13. The van der Waals surface area contributed by atoms with E-state index in [1.54, 1.807) is 23.6 Å². The van der Waals surface area contributed by atoms with Crippen molar-refractivity contribution >= 4 is 28.6 Å². The van der Waals surface area contributed by atoms with Gasteiger partial charge in [-0.1, -0.05) is 23.7 Å². The second kappa shape index (κ2) is 6.16. The number of hydrogen-bond donors (Lipinski definition) is 2. The van der Waals surface area contributed by atoms with Crippen LogP contribution >= 0.6 is 22.9 Å². The van der Waals surface area contributed by atoms with Gasteiger partial charge in [0, 0.05) is 34.9 Å². The zero-order valence-corrected chi connectivity index (χ0v) is 12.7. The molecule has 2 N–H and O–H groups in total. The van der Waals surface area contributed by atoms with E-state index in [-0.39, 0.29) is 5.75 Å². The molecule has 5 heteroatoms. The van der Waals surface area contributed by atoms with E-state index in [4.69, 9.17) is 11.6 Å². The fourth-order valence-corrected chi connectivity index (χ4v) is 2.84. The Bertz CT molecular complexity index is 727. The van der Waals surface area contributed by atoms with Crippen molar-refractivity contribution in [2.24, 2.45) is 0 Å². The topological polar surface area (TPSA) is 45.1 Å². The number of para-hydroxylation sites is 1. The number of phenolic OH excluding ortho intramolecular Hbond substituents is 1. The largest absolute Gasteiger partial charge is 0.506 e. The van der Waals surface area contributed by atoms with Crippen LogP contribution in [0.4, 0.5) is 5.69 Å². The molecule has 0 saturated heterocycles. The summed E-state index contributed by atoms with van der Waals surface area (Å²) < 4.78 is 0. The molecule has 3 nitrogen and oxygen atoms in total. The maximum atomic E-state index is 9.87. The molecule has 0 fully saturated rings. The van der Waals surface area contributed by atoms with Crippen LogP contribution in [-0.4, -0.2) is 10.1 Å². The fraction of sp³-hybridized carbons (Fsp3) is 0.0625. The summed E-state index contributed by atoms with van der Waals surface area (Å²) in [6.45, 7) is 0.517. The molecule has 3 aromatic rings. The van der Waals surface area contributed by atoms with Gasteiger partial charge in [0.25, 0.3) is 0 Å². The lowest BCUT2D eigenvalue weighted by Gasteiger charge is -2.09. The highest BCUT2D eigenvalue weighted by atomic mass is 35.5. The average molecular weight is 317 g/mol. The van der Waals surface area contributed by atoms with Gasteiger partial charge in [-0.2, -0.15) is 0 Å². The molecule has 0 amide bonds. The molecule has 0 aliphatic rings. The molecule has 106 valence electrons. The number of aromatic hydroxyl groups is 1. The van der Waals surface area contributed by atoms with Gasteiger partial charge in [0.2, 0.25) is 0 Å². The molecule has 21 heavy (non-hydrogen) atoms. The molecule has 0 aliphatic carbocycles. The molecule has 0 spiro atoms. The smallest absolute Gasteiger partial charge is 0.139 e. The lowest BCUT2D eigenvalue weighted by Crippen LogP contribution is -1.99. The molecule has 0 atom stereocenters. The minimum atomic E-state index is 0.131. The van der Waals surface area contributed by atoms with E-state index >= 15 is 0 Å². The van der Waals surface area contributed by atoms with Gasteiger partial charge >= 0.3 is 0 Å². The van der Waals surface area contributed by atoms with Crippen LogP contribution in [0, 0.1) is 0 Å². The fourth-order valence-electron chi connectivity index (χ4n) is 2.00. The summed E-state index contributed by atoms with van der Waals surface area (Å²) in [6, 6.07) is 13.4. The summed E-state index contributed by atoms with van der Waals surface area (Å²) in [4.78, 5) is 4.28. The van der Waals surface area contributed by atoms with Crippen molar-refractivity contribution in [2.45, 2.75) is 6.54 Å². The van der Waals surface area contributed by atoms with Gasteiger partial charge in [-0.25, -0.2) is 4.98 Å². The van der Waals surface area contributed by atoms with Crippen molar-refractivity contribution in [3.63, 3.8) is 0 Å². The Hall–Kier alpha value is -2.04. The molecule has 0 saturated carbocycles. The van der Waals surface area contributed by atoms with E-state index in [9.17, 15) is 5.11 Å². The van der Waals surface area contributed by atoms with Crippen LogP contribution in [0.15, 0.2) is 54.0 Å². The number of phenols is 1. The Morgan fingerprint density at radius 1 is 1.14 bits per heavy atom. The first-order valence-corrected chi connectivity index (χ1v) is 7.70. The van der Waals surface area contributed by atoms with Crippen molar-refractivity contribution < 1.29 is 5.11 Å². The first kappa shape index (κ1) is 13.9. The molecule has 0 radical (unpaired) electrons. The van der Waals surface area contributed by atoms with Crippen LogP contribution in [0.25, 0.3) is 10.6 Å². The molecule has 1 heterocycles. The van der Waals surface area contributed by atoms with Gasteiger partial charge in [-0.3, -0.25) is 0 Å². The Kier molecular flexibility index (Phi) is 4.08. The number of nitrogens with one attached hydrogen (secondary N) is 1. The number of rotatable bonds is 4. The molecule has 0 bridgehead atoms. The summed E-state index contributed by atoms with van der Waals surface area (Å²) in [5, 5.41) is 16.5. The maximum Gasteiger partial charge on any atom is 0.139 e. The van der Waals surface area contributed by atoms with E-state index < -0.39 is 0 Å². The second-order valence-corrected chi connectivity index (χ2v) is 5.82. The average Bonchev–Trinajstić information content (AvgIpc) is 3.04. The number of anilines is 1. The zero-order chi connectivity index (χ0) is 14.7. The monoisotopic (exact) mass is 316 g/mol.